The standard InChI is InChI=1S/C19H30N2O/c1-4-5-13-20(3)18-10-8-17(9-11-18)19(22)21-14-6-7-16(2)12-15-21/h8-11,16H,4-7,12-15H2,1-3H3. The molecule has 0 bridgehead atoms. The quantitative estimate of drug-likeness (QED) is 0.814. The maximum atomic E-state index is 12.6. The van der Waals surface area contributed by atoms with Crippen LogP contribution >= 0.6 is 0 Å². The Morgan fingerprint density at radius 1 is 1.23 bits per heavy atom. The highest BCUT2D eigenvalue weighted by atomic mass is 16.2. The molecule has 1 saturated heterocycles. The van der Waals surface area contributed by atoms with Crippen LogP contribution < -0.4 is 4.90 Å². The van der Waals surface area contributed by atoms with E-state index in [-0.39, 0.29) is 5.91 Å². The second kappa shape index (κ2) is 8.21. The zero-order chi connectivity index (χ0) is 15.9. The van der Waals surface area contributed by atoms with Gasteiger partial charge in [0.15, 0.2) is 0 Å². The van der Waals surface area contributed by atoms with E-state index in [0.29, 0.717) is 0 Å². The van der Waals surface area contributed by atoms with Crippen molar-refractivity contribution in [1.82, 2.24) is 4.90 Å². The Labute approximate surface area is 135 Å². The lowest BCUT2D eigenvalue weighted by Crippen LogP contribution is -2.32. The van der Waals surface area contributed by atoms with Crippen LogP contribution in [0.2, 0.25) is 0 Å². The molecule has 1 heterocycles. The number of benzene rings is 1. The fraction of sp³-hybridized carbons (Fsp3) is 0.632. The van der Waals surface area contributed by atoms with E-state index in [1.165, 1.54) is 24.9 Å². The van der Waals surface area contributed by atoms with Gasteiger partial charge in [-0.25, -0.2) is 0 Å². The Kier molecular flexibility index (Phi) is 6.29. The Hall–Kier alpha value is -1.51. The Balaban J connectivity index is 1.98. The maximum absolute atomic E-state index is 12.6. The van der Waals surface area contributed by atoms with E-state index in [2.05, 4.69) is 37.9 Å². The van der Waals surface area contributed by atoms with E-state index in [4.69, 9.17) is 0 Å². The number of rotatable bonds is 5. The summed E-state index contributed by atoms with van der Waals surface area (Å²) < 4.78 is 0. The van der Waals surface area contributed by atoms with Gasteiger partial charge < -0.3 is 9.80 Å². The van der Waals surface area contributed by atoms with Gasteiger partial charge >= 0.3 is 0 Å². The van der Waals surface area contributed by atoms with Crippen LogP contribution in [-0.4, -0.2) is 37.5 Å². The summed E-state index contributed by atoms with van der Waals surface area (Å²) in [5.74, 6) is 0.934. The van der Waals surface area contributed by atoms with Crippen molar-refractivity contribution in [3.05, 3.63) is 29.8 Å². The van der Waals surface area contributed by atoms with E-state index in [1.807, 2.05) is 17.0 Å². The zero-order valence-electron chi connectivity index (χ0n) is 14.3. The lowest BCUT2D eigenvalue weighted by Gasteiger charge is -2.22. The number of unbranched alkanes of at least 4 members (excludes halogenated alkanes) is 1. The van der Waals surface area contributed by atoms with E-state index in [0.717, 1.165) is 44.0 Å². The third-order valence-electron chi connectivity index (χ3n) is 4.71. The Morgan fingerprint density at radius 3 is 2.64 bits per heavy atom. The summed E-state index contributed by atoms with van der Waals surface area (Å²) in [6, 6.07) is 8.11. The van der Waals surface area contributed by atoms with E-state index >= 15 is 0 Å². The minimum atomic E-state index is 0.192. The van der Waals surface area contributed by atoms with Crippen molar-refractivity contribution in [3.63, 3.8) is 0 Å². The van der Waals surface area contributed by atoms with E-state index < -0.39 is 0 Å². The SMILES string of the molecule is CCCCN(C)c1ccc(C(=O)N2CCCC(C)CC2)cc1. The molecule has 3 nitrogen and oxygen atoms in total. The van der Waals surface area contributed by atoms with Gasteiger partial charge in [-0.1, -0.05) is 20.3 Å². The van der Waals surface area contributed by atoms with Gasteiger partial charge in [0.1, 0.15) is 0 Å². The van der Waals surface area contributed by atoms with Gasteiger partial charge in [-0.15, -0.1) is 0 Å². The van der Waals surface area contributed by atoms with Crippen molar-refractivity contribution in [3.8, 4) is 0 Å². The summed E-state index contributed by atoms with van der Waals surface area (Å²) in [6.45, 7) is 7.36. The molecule has 1 fully saturated rings. The molecule has 1 unspecified atom stereocenters. The average Bonchev–Trinajstić information content (AvgIpc) is 2.76. The fourth-order valence-corrected chi connectivity index (χ4v) is 3.03. The van der Waals surface area contributed by atoms with E-state index in [9.17, 15) is 4.79 Å². The molecule has 1 amide bonds. The van der Waals surface area contributed by atoms with Crippen LogP contribution in [0.25, 0.3) is 0 Å². The fourth-order valence-electron chi connectivity index (χ4n) is 3.03. The summed E-state index contributed by atoms with van der Waals surface area (Å²) in [5, 5.41) is 0. The molecule has 122 valence electrons. The minimum absolute atomic E-state index is 0.192. The number of hydrogen-bond acceptors (Lipinski definition) is 2. The molecule has 0 radical (unpaired) electrons. The third-order valence-corrected chi connectivity index (χ3v) is 4.71. The van der Waals surface area contributed by atoms with Crippen molar-refractivity contribution in [1.29, 1.82) is 0 Å². The first-order valence-corrected chi connectivity index (χ1v) is 8.72. The predicted octanol–water partition coefficient (Wildman–Crippen LogP) is 4.19. The topological polar surface area (TPSA) is 23.6 Å². The Bertz CT molecular complexity index is 469. The largest absolute Gasteiger partial charge is 0.375 e. The van der Waals surface area contributed by atoms with Gasteiger partial charge in [-0.05, 0) is 55.9 Å². The number of carbonyl (C=O) groups is 1. The first-order valence-electron chi connectivity index (χ1n) is 8.72. The number of nitrogens with zero attached hydrogens (tertiary/aromatic N) is 2. The number of hydrogen-bond donors (Lipinski definition) is 0. The lowest BCUT2D eigenvalue weighted by atomic mass is 10.0. The molecule has 1 aromatic rings. The van der Waals surface area contributed by atoms with Crippen LogP contribution in [0.3, 0.4) is 0 Å². The molecule has 0 aromatic heterocycles. The van der Waals surface area contributed by atoms with Crippen LogP contribution in [0.15, 0.2) is 24.3 Å². The zero-order valence-corrected chi connectivity index (χ0v) is 14.3. The molecule has 0 aliphatic carbocycles. The molecule has 1 aliphatic heterocycles. The molecular formula is C19H30N2O. The summed E-state index contributed by atoms with van der Waals surface area (Å²) in [7, 11) is 2.11. The van der Waals surface area contributed by atoms with Gasteiger partial charge in [-0.3, -0.25) is 4.79 Å². The molecule has 22 heavy (non-hydrogen) atoms. The molecule has 1 atom stereocenters. The second-order valence-corrected chi connectivity index (χ2v) is 6.65. The first-order chi connectivity index (χ1) is 10.6. The van der Waals surface area contributed by atoms with Gasteiger partial charge in [0.25, 0.3) is 5.91 Å². The van der Waals surface area contributed by atoms with Crippen molar-refractivity contribution < 1.29 is 4.79 Å². The van der Waals surface area contributed by atoms with Crippen molar-refractivity contribution in [2.75, 3.05) is 31.6 Å². The molecule has 2 rings (SSSR count). The Morgan fingerprint density at radius 2 is 1.95 bits per heavy atom. The molecule has 3 heteroatoms. The summed E-state index contributed by atoms with van der Waals surface area (Å²) in [6.07, 6.45) is 5.90. The molecule has 0 N–H and O–H groups in total. The van der Waals surface area contributed by atoms with E-state index in [1.54, 1.807) is 0 Å². The monoisotopic (exact) mass is 302 g/mol. The van der Waals surface area contributed by atoms with Crippen molar-refractivity contribution >= 4 is 11.6 Å². The van der Waals surface area contributed by atoms with Gasteiger partial charge in [0.2, 0.25) is 0 Å². The number of anilines is 1. The summed E-state index contributed by atoms with van der Waals surface area (Å²) in [5.41, 5.74) is 2.01. The smallest absolute Gasteiger partial charge is 0.253 e. The highest BCUT2D eigenvalue weighted by molar-refractivity contribution is 5.94. The first kappa shape index (κ1) is 16.9. The number of carbonyl (C=O) groups excluding carboxylic acids is 1. The minimum Gasteiger partial charge on any atom is -0.375 e. The molecule has 1 aromatic carbocycles. The van der Waals surface area contributed by atoms with Crippen LogP contribution in [0, 0.1) is 5.92 Å². The molecule has 0 spiro atoms. The normalized spacial score (nSPS) is 18.9. The summed E-state index contributed by atoms with van der Waals surface area (Å²) in [4.78, 5) is 16.9. The molecule has 1 aliphatic rings. The predicted molar refractivity (Wildman–Crippen MR) is 93.5 cm³/mol. The average molecular weight is 302 g/mol. The van der Waals surface area contributed by atoms with Crippen molar-refractivity contribution in [2.45, 2.75) is 46.0 Å². The van der Waals surface area contributed by atoms with Gasteiger partial charge in [-0.2, -0.15) is 0 Å². The van der Waals surface area contributed by atoms with Crippen molar-refractivity contribution in [2.24, 2.45) is 5.92 Å². The third kappa shape index (κ3) is 4.49. The lowest BCUT2D eigenvalue weighted by molar-refractivity contribution is 0.0760. The number of likely N-dealkylation sites (tertiary alicyclic amines) is 1. The number of amides is 1. The van der Waals surface area contributed by atoms with Crippen LogP contribution in [0.1, 0.15) is 56.3 Å². The molecular weight excluding hydrogens is 272 g/mol. The van der Waals surface area contributed by atoms with Gasteiger partial charge in [0, 0.05) is 37.9 Å². The summed E-state index contributed by atoms with van der Waals surface area (Å²) >= 11 is 0. The van der Waals surface area contributed by atoms with Crippen LogP contribution in [0.4, 0.5) is 5.69 Å². The van der Waals surface area contributed by atoms with Crippen LogP contribution in [-0.2, 0) is 0 Å². The maximum Gasteiger partial charge on any atom is 0.253 e. The molecule has 0 saturated carbocycles. The van der Waals surface area contributed by atoms with Gasteiger partial charge in [0.05, 0.1) is 0 Å². The second-order valence-electron chi connectivity index (χ2n) is 6.65. The highest BCUT2D eigenvalue weighted by Gasteiger charge is 2.19. The highest BCUT2D eigenvalue weighted by Crippen LogP contribution is 2.20. The van der Waals surface area contributed by atoms with Crippen LogP contribution in [0.5, 0.6) is 0 Å².